The molecule has 0 unspecified atom stereocenters. The molecule has 0 aliphatic rings. The lowest BCUT2D eigenvalue weighted by Gasteiger charge is -2.31. The Balaban J connectivity index is 2.07. The standard InChI is InChI=1S/C24H34ClN3O6P2/c1-6-31-35(29,32-7-2)21(36(30,33-8-3)34-9-4)16-15-20-17-18(5)26-24-22(25)23(27-28(20)24)19-13-11-10-12-14-19/h10-14,17,21H,6-9,15-16H2,1-5H3. The lowest BCUT2D eigenvalue weighted by molar-refractivity contribution is 0.193. The second-order valence-corrected chi connectivity index (χ2v) is 13.1. The van der Waals surface area contributed by atoms with Gasteiger partial charge in [-0.1, -0.05) is 41.9 Å². The van der Waals surface area contributed by atoms with E-state index in [1.165, 1.54) is 0 Å². The molecule has 0 aliphatic carbocycles. The predicted octanol–water partition coefficient (Wildman–Crippen LogP) is 7.15. The fourth-order valence-corrected chi connectivity index (χ4v) is 9.67. The highest BCUT2D eigenvalue weighted by atomic mass is 35.5. The predicted molar refractivity (Wildman–Crippen MR) is 142 cm³/mol. The number of nitrogens with zero attached hydrogens (tertiary/aromatic N) is 3. The van der Waals surface area contributed by atoms with Gasteiger partial charge in [-0.3, -0.25) is 9.13 Å². The van der Waals surface area contributed by atoms with Gasteiger partial charge in [-0.25, -0.2) is 9.50 Å². The van der Waals surface area contributed by atoms with Gasteiger partial charge in [0.25, 0.3) is 0 Å². The Hall–Kier alpha value is -1.57. The second kappa shape index (κ2) is 12.8. The zero-order valence-electron chi connectivity index (χ0n) is 21.3. The molecule has 0 bridgehead atoms. The topological polar surface area (TPSA) is 101 Å². The van der Waals surface area contributed by atoms with E-state index < -0.39 is 20.6 Å². The van der Waals surface area contributed by atoms with Gasteiger partial charge in [-0.05, 0) is 53.5 Å². The molecule has 198 valence electrons. The molecule has 0 N–H and O–H groups in total. The Morgan fingerprint density at radius 3 is 1.94 bits per heavy atom. The van der Waals surface area contributed by atoms with Crippen molar-refractivity contribution in [1.82, 2.24) is 14.6 Å². The number of hydrogen-bond acceptors (Lipinski definition) is 8. The maximum Gasteiger partial charge on any atom is 0.345 e. The van der Waals surface area contributed by atoms with E-state index in [1.54, 1.807) is 32.2 Å². The first-order chi connectivity index (χ1) is 17.2. The molecule has 0 fully saturated rings. The van der Waals surface area contributed by atoms with E-state index in [1.807, 2.05) is 43.3 Å². The van der Waals surface area contributed by atoms with Crippen molar-refractivity contribution in [2.45, 2.75) is 52.9 Å². The molecule has 0 atom stereocenters. The van der Waals surface area contributed by atoms with Crippen molar-refractivity contribution in [1.29, 1.82) is 0 Å². The molecule has 9 nitrogen and oxygen atoms in total. The van der Waals surface area contributed by atoms with Crippen LogP contribution in [0.2, 0.25) is 5.02 Å². The van der Waals surface area contributed by atoms with Crippen LogP contribution in [0.1, 0.15) is 45.5 Å². The molecule has 2 aromatic heterocycles. The van der Waals surface area contributed by atoms with Crippen LogP contribution in [0.5, 0.6) is 0 Å². The molecule has 0 spiro atoms. The summed E-state index contributed by atoms with van der Waals surface area (Å²) < 4.78 is 51.8. The minimum Gasteiger partial charge on any atom is -0.308 e. The first kappa shape index (κ1) is 29.0. The minimum absolute atomic E-state index is 0.125. The van der Waals surface area contributed by atoms with Crippen molar-refractivity contribution in [2.75, 3.05) is 26.4 Å². The van der Waals surface area contributed by atoms with Gasteiger partial charge in [0, 0.05) is 17.0 Å². The molecular formula is C24H34ClN3O6P2. The van der Waals surface area contributed by atoms with Gasteiger partial charge < -0.3 is 18.1 Å². The van der Waals surface area contributed by atoms with Crippen LogP contribution in [0, 0.1) is 6.92 Å². The lowest BCUT2D eigenvalue weighted by Crippen LogP contribution is -2.19. The van der Waals surface area contributed by atoms with Crippen molar-refractivity contribution in [3.8, 4) is 11.3 Å². The normalized spacial score (nSPS) is 12.6. The SMILES string of the molecule is CCOP(=O)(OCC)C(CCc1cc(C)nc2c(Cl)c(-c3ccccc3)nn12)P(=O)(OCC)OCC. The summed E-state index contributed by atoms with van der Waals surface area (Å²) in [6.07, 6.45) is 0.469. The van der Waals surface area contributed by atoms with Crippen LogP contribution in [0.3, 0.4) is 0 Å². The first-order valence-corrected chi connectivity index (χ1v) is 15.7. The van der Waals surface area contributed by atoms with Gasteiger partial charge in [-0.15, -0.1) is 0 Å². The van der Waals surface area contributed by atoms with Crippen LogP contribution < -0.4 is 0 Å². The number of rotatable bonds is 14. The van der Waals surface area contributed by atoms with Gasteiger partial charge in [0.05, 0.1) is 26.4 Å². The third-order valence-corrected chi connectivity index (χ3v) is 11.9. The average Bonchev–Trinajstić information content (AvgIpc) is 3.16. The molecule has 3 rings (SSSR count). The second-order valence-electron chi connectivity index (χ2n) is 7.92. The number of hydrogen-bond donors (Lipinski definition) is 0. The summed E-state index contributed by atoms with van der Waals surface area (Å²) in [5, 5.41) is 4.05. The largest absolute Gasteiger partial charge is 0.345 e. The Kier molecular flexibility index (Phi) is 10.3. The molecule has 0 radical (unpaired) electrons. The van der Waals surface area contributed by atoms with Crippen LogP contribution in [-0.2, 0) is 33.6 Å². The molecule has 0 aliphatic heterocycles. The number of aromatic nitrogens is 3. The van der Waals surface area contributed by atoms with Crippen LogP contribution >= 0.6 is 26.8 Å². The molecule has 0 saturated carbocycles. The first-order valence-electron chi connectivity index (χ1n) is 12.1. The van der Waals surface area contributed by atoms with Crippen LogP contribution in [0.15, 0.2) is 36.4 Å². The summed E-state index contributed by atoms with van der Waals surface area (Å²) >= 11 is 6.69. The highest BCUT2D eigenvalue weighted by molar-refractivity contribution is 7.72. The summed E-state index contributed by atoms with van der Waals surface area (Å²) in [7, 11) is -7.71. The maximum atomic E-state index is 13.9. The molecule has 36 heavy (non-hydrogen) atoms. The van der Waals surface area contributed by atoms with Crippen LogP contribution in [0.4, 0.5) is 0 Å². The quantitative estimate of drug-likeness (QED) is 0.193. The van der Waals surface area contributed by atoms with Crippen molar-refractivity contribution < 1.29 is 27.2 Å². The monoisotopic (exact) mass is 557 g/mol. The summed E-state index contributed by atoms with van der Waals surface area (Å²) in [6.45, 7) is 9.20. The number of aryl methyl sites for hydroxylation is 2. The fraction of sp³-hybridized carbons (Fsp3) is 0.500. The number of fused-ring (bicyclic) bond motifs is 1. The smallest absolute Gasteiger partial charge is 0.308 e. The zero-order valence-corrected chi connectivity index (χ0v) is 23.9. The lowest BCUT2D eigenvalue weighted by atomic mass is 10.1. The van der Waals surface area contributed by atoms with Crippen molar-refractivity contribution in [3.05, 3.63) is 52.8 Å². The summed E-state index contributed by atoms with van der Waals surface area (Å²) in [6, 6.07) is 11.5. The molecule has 0 saturated heterocycles. The van der Waals surface area contributed by atoms with Gasteiger partial charge >= 0.3 is 15.2 Å². The summed E-state index contributed by atoms with van der Waals surface area (Å²) in [5.41, 5.74) is 3.48. The molecule has 1 aromatic carbocycles. The highest BCUT2D eigenvalue weighted by Gasteiger charge is 2.50. The van der Waals surface area contributed by atoms with Crippen molar-refractivity contribution in [2.24, 2.45) is 0 Å². The highest BCUT2D eigenvalue weighted by Crippen LogP contribution is 2.71. The van der Waals surface area contributed by atoms with Crippen molar-refractivity contribution in [3.63, 3.8) is 0 Å². The Morgan fingerprint density at radius 1 is 0.917 bits per heavy atom. The van der Waals surface area contributed by atoms with E-state index in [0.717, 1.165) is 17.0 Å². The van der Waals surface area contributed by atoms with E-state index in [-0.39, 0.29) is 32.8 Å². The molecule has 12 heteroatoms. The van der Waals surface area contributed by atoms with Gasteiger partial charge in [-0.2, -0.15) is 5.10 Å². The molecular weight excluding hydrogens is 524 g/mol. The third kappa shape index (κ3) is 6.28. The van der Waals surface area contributed by atoms with E-state index in [4.69, 9.17) is 34.8 Å². The molecule has 2 heterocycles. The van der Waals surface area contributed by atoms with Crippen molar-refractivity contribution >= 4 is 32.4 Å². The minimum atomic E-state index is -3.86. The zero-order chi connectivity index (χ0) is 26.3. The van der Waals surface area contributed by atoms with Crippen LogP contribution in [-0.4, -0.2) is 46.4 Å². The summed E-state index contributed by atoms with van der Waals surface area (Å²) in [5.74, 6) is 0. The van der Waals surface area contributed by atoms with E-state index >= 15 is 0 Å². The van der Waals surface area contributed by atoms with Gasteiger partial charge in [0.2, 0.25) is 0 Å². The van der Waals surface area contributed by atoms with E-state index in [9.17, 15) is 9.13 Å². The van der Waals surface area contributed by atoms with Gasteiger partial charge in [0.1, 0.15) is 10.7 Å². The Morgan fingerprint density at radius 2 is 1.44 bits per heavy atom. The van der Waals surface area contributed by atoms with Crippen LogP contribution in [0.25, 0.3) is 16.9 Å². The number of halogens is 1. The molecule has 0 amide bonds. The number of benzene rings is 1. The maximum absolute atomic E-state index is 13.9. The van der Waals surface area contributed by atoms with E-state index in [2.05, 4.69) is 4.98 Å². The average molecular weight is 558 g/mol. The van der Waals surface area contributed by atoms with E-state index in [0.29, 0.717) is 22.8 Å². The Bertz CT molecular complexity index is 1200. The fourth-order valence-electron chi connectivity index (χ4n) is 4.05. The Labute approximate surface area is 217 Å². The molecule has 3 aromatic rings. The summed E-state index contributed by atoms with van der Waals surface area (Å²) in [4.78, 5) is 4.58. The third-order valence-electron chi connectivity index (χ3n) is 5.41. The van der Waals surface area contributed by atoms with Gasteiger partial charge in [0.15, 0.2) is 11.0 Å².